The van der Waals surface area contributed by atoms with Gasteiger partial charge in [0.05, 0.1) is 19.5 Å². The van der Waals surface area contributed by atoms with E-state index < -0.39 is 0 Å². The number of benzene rings is 2. The number of hydrogen-bond donors (Lipinski definition) is 0. The Kier molecular flexibility index (Phi) is 5.54. The molecule has 0 spiro atoms. The first kappa shape index (κ1) is 18.4. The molecule has 136 valence electrons. The SMILES string of the molecule is COc1ccc(CN(C)Cn2nc(C)n(-c3ccccc3C)c2=S)cc1. The summed E-state index contributed by atoms with van der Waals surface area (Å²) in [5.74, 6) is 1.76. The van der Waals surface area contributed by atoms with Crippen LogP contribution in [0.2, 0.25) is 0 Å². The monoisotopic (exact) mass is 368 g/mol. The summed E-state index contributed by atoms with van der Waals surface area (Å²) < 4.78 is 9.82. The van der Waals surface area contributed by atoms with Gasteiger partial charge in [-0.3, -0.25) is 9.47 Å². The second kappa shape index (κ2) is 7.85. The molecule has 0 fully saturated rings. The molecule has 0 N–H and O–H groups in total. The molecule has 1 heterocycles. The molecule has 1 aromatic heterocycles. The standard InChI is InChI=1S/C20H24N4OS/c1-15-7-5-6-8-19(15)24-16(2)21-23(20(24)26)14-22(3)13-17-9-11-18(25-4)12-10-17/h5-12H,13-14H2,1-4H3. The van der Waals surface area contributed by atoms with Gasteiger partial charge in [0.25, 0.3) is 0 Å². The van der Waals surface area contributed by atoms with Crippen molar-refractivity contribution in [1.82, 2.24) is 19.2 Å². The number of aryl methyl sites for hydroxylation is 2. The topological polar surface area (TPSA) is 35.2 Å². The predicted octanol–water partition coefficient (Wildman–Crippen LogP) is 4.12. The Bertz CT molecular complexity index is 943. The quantitative estimate of drug-likeness (QED) is 0.613. The highest BCUT2D eigenvalue weighted by atomic mass is 32.1. The molecule has 3 aromatic rings. The van der Waals surface area contributed by atoms with Crippen LogP contribution in [-0.2, 0) is 13.2 Å². The van der Waals surface area contributed by atoms with Gasteiger partial charge >= 0.3 is 0 Å². The fourth-order valence-electron chi connectivity index (χ4n) is 3.02. The van der Waals surface area contributed by atoms with Gasteiger partial charge in [-0.25, -0.2) is 4.68 Å². The molecule has 0 radical (unpaired) electrons. The maximum Gasteiger partial charge on any atom is 0.203 e. The summed E-state index contributed by atoms with van der Waals surface area (Å²) in [6.45, 7) is 5.51. The lowest BCUT2D eigenvalue weighted by atomic mass is 10.2. The van der Waals surface area contributed by atoms with Gasteiger partial charge in [-0.1, -0.05) is 30.3 Å². The molecule has 26 heavy (non-hydrogen) atoms. The molecule has 6 heteroatoms. The second-order valence-corrected chi connectivity index (χ2v) is 6.82. The first-order valence-corrected chi connectivity index (χ1v) is 8.94. The van der Waals surface area contributed by atoms with E-state index in [2.05, 4.69) is 48.2 Å². The van der Waals surface area contributed by atoms with E-state index in [9.17, 15) is 0 Å². The van der Waals surface area contributed by atoms with Crippen molar-refractivity contribution in [2.45, 2.75) is 27.1 Å². The van der Waals surface area contributed by atoms with E-state index in [-0.39, 0.29) is 0 Å². The Morgan fingerprint density at radius 1 is 1.08 bits per heavy atom. The molecule has 0 saturated heterocycles. The Labute approximate surface area is 159 Å². The minimum atomic E-state index is 0.630. The van der Waals surface area contributed by atoms with Gasteiger partial charge in [-0.15, -0.1) is 0 Å². The Morgan fingerprint density at radius 3 is 2.42 bits per heavy atom. The number of rotatable bonds is 6. The molecule has 0 aliphatic carbocycles. The number of aromatic nitrogens is 3. The highest BCUT2D eigenvalue weighted by molar-refractivity contribution is 7.71. The minimum absolute atomic E-state index is 0.630. The molecular formula is C20H24N4OS. The highest BCUT2D eigenvalue weighted by Crippen LogP contribution is 2.17. The van der Waals surface area contributed by atoms with E-state index in [4.69, 9.17) is 17.0 Å². The van der Waals surface area contributed by atoms with Crippen LogP contribution >= 0.6 is 12.2 Å². The maximum absolute atomic E-state index is 5.69. The van der Waals surface area contributed by atoms with Gasteiger partial charge in [0.1, 0.15) is 11.6 Å². The lowest BCUT2D eigenvalue weighted by molar-refractivity contribution is 0.243. The van der Waals surface area contributed by atoms with Crippen molar-refractivity contribution in [2.24, 2.45) is 0 Å². The van der Waals surface area contributed by atoms with Gasteiger partial charge in [0.15, 0.2) is 0 Å². The van der Waals surface area contributed by atoms with Crippen LogP contribution in [0.3, 0.4) is 0 Å². The van der Waals surface area contributed by atoms with Crippen LogP contribution in [0.15, 0.2) is 48.5 Å². The van der Waals surface area contributed by atoms with Crippen LogP contribution in [0, 0.1) is 18.6 Å². The summed E-state index contributed by atoms with van der Waals surface area (Å²) in [6, 6.07) is 16.3. The number of methoxy groups -OCH3 is 1. The highest BCUT2D eigenvalue weighted by Gasteiger charge is 2.12. The molecule has 5 nitrogen and oxygen atoms in total. The first-order chi connectivity index (χ1) is 12.5. The molecule has 0 saturated carbocycles. The molecular weight excluding hydrogens is 344 g/mol. The number of hydrogen-bond acceptors (Lipinski definition) is 4. The molecule has 3 rings (SSSR count). The largest absolute Gasteiger partial charge is 0.497 e. The van der Waals surface area contributed by atoms with E-state index >= 15 is 0 Å². The summed E-state index contributed by atoms with van der Waals surface area (Å²) >= 11 is 5.69. The molecule has 0 amide bonds. The Balaban J connectivity index is 1.79. The van der Waals surface area contributed by atoms with Gasteiger partial charge < -0.3 is 4.74 Å². The normalized spacial score (nSPS) is 11.1. The lowest BCUT2D eigenvalue weighted by Crippen LogP contribution is -2.22. The molecule has 0 aliphatic heterocycles. The molecule has 0 atom stereocenters. The van der Waals surface area contributed by atoms with Gasteiger partial charge in [-0.05, 0) is 62.4 Å². The van der Waals surface area contributed by atoms with Crippen LogP contribution in [0.25, 0.3) is 5.69 Å². The third-order valence-corrected chi connectivity index (χ3v) is 4.74. The number of nitrogens with zero attached hydrogens (tertiary/aromatic N) is 4. The van der Waals surface area contributed by atoms with E-state index in [1.54, 1.807) is 7.11 Å². The van der Waals surface area contributed by atoms with E-state index in [1.165, 1.54) is 11.1 Å². The van der Waals surface area contributed by atoms with Crippen molar-refractivity contribution in [3.05, 3.63) is 70.3 Å². The average molecular weight is 369 g/mol. The smallest absolute Gasteiger partial charge is 0.203 e. The summed E-state index contributed by atoms with van der Waals surface area (Å²) in [5.41, 5.74) is 3.48. The van der Waals surface area contributed by atoms with Crippen molar-refractivity contribution in [3.63, 3.8) is 0 Å². The van der Waals surface area contributed by atoms with E-state index in [1.807, 2.05) is 40.4 Å². The summed E-state index contributed by atoms with van der Waals surface area (Å²) in [7, 11) is 3.74. The molecule has 2 aromatic carbocycles. The van der Waals surface area contributed by atoms with Crippen molar-refractivity contribution < 1.29 is 4.74 Å². The third-order valence-electron chi connectivity index (χ3n) is 4.34. The zero-order chi connectivity index (χ0) is 18.7. The van der Waals surface area contributed by atoms with E-state index in [0.29, 0.717) is 11.4 Å². The van der Waals surface area contributed by atoms with Crippen LogP contribution < -0.4 is 4.74 Å². The lowest BCUT2D eigenvalue weighted by Gasteiger charge is -2.16. The van der Waals surface area contributed by atoms with Crippen molar-refractivity contribution in [2.75, 3.05) is 14.2 Å². The zero-order valence-electron chi connectivity index (χ0n) is 15.6. The van der Waals surface area contributed by atoms with Crippen molar-refractivity contribution in [1.29, 1.82) is 0 Å². The van der Waals surface area contributed by atoms with Gasteiger partial charge in [0.2, 0.25) is 4.77 Å². The number of para-hydroxylation sites is 1. The van der Waals surface area contributed by atoms with Gasteiger partial charge in [0, 0.05) is 6.54 Å². The van der Waals surface area contributed by atoms with Crippen molar-refractivity contribution in [3.8, 4) is 11.4 Å². The van der Waals surface area contributed by atoms with Crippen LogP contribution in [-0.4, -0.2) is 33.4 Å². The molecule has 0 aliphatic rings. The zero-order valence-corrected chi connectivity index (χ0v) is 16.5. The van der Waals surface area contributed by atoms with Crippen LogP contribution in [0.5, 0.6) is 5.75 Å². The Morgan fingerprint density at radius 2 is 1.77 bits per heavy atom. The first-order valence-electron chi connectivity index (χ1n) is 8.53. The fraction of sp³-hybridized carbons (Fsp3) is 0.300. The summed E-state index contributed by atoms with van der Waals surface area (Å²) in [6.07, 6.45) is 0. The summed E-state index contributed by atoms with van der Waals surface area (Å²) in [5, 5.41) is 4.65. The number of ether oxygens (including phenoxy) is 1. The maximum atomic E-state index is 5.69. The molecule has 0 unspecified atom stereocenters. The van der Waals surface area contributed by atoms with Gasteiger partial charge in [-0.2, -0.15) is 5.10 Å². The second-order valence-electron chi connectivity index (χ2n) is 6.45. The van der Waals surface area contributed by atoms with E-state index in [0.717, 1.165) is 23.8 Å². The van der Waals surface area contributed by atoms with Crippen LogP contribution in [0.4, 0.5) is 0 Å². The third kappa shape index (κ3) is 3.86. The van der Waals surface area contributed by atoms with Crippen molar-refractivity contribution >= 4 is 12.2 Å². The fourth-order valence-corrected chi connectivity index (χ4v) is 3.35. The molecule has 0 bridgehead atoms. The average Bonchev–Trinajstić information content (AvgIpc) is 2.90. The summed E-state index contributed by atoms with van der Waals surface area (Å²) in [4.78, 5) is 2.19. The minimum Gasteiger partial charge on any atom is -0.497 e. The predicted molar refractivity (Wildman–Crippen MR) is 106 cm³/mol. The Hall–Kier alpha value is -2.44. The van der Waals surface area contributed by atoms with Crippen LogP contribution in [0.1, 0.15) is 17.0 Å².